The first-order chi connectivity index (χ1) is 10.7. The van der Waals surface area contributed by atoms with E-state index in [0.717, 1.165) is 30.6 Å². The van der Waals surface area contributed by atoms with Crippen LogP contribution in [0, 0.1) is 5.41 Å². The highest BCUT2D eigenvalue weighted by Gasteiger charge is 2.38. The molecule has 0 saturated heterocycles. The van der Waals surface area contributed by atoms with E-state index in [4.69, 9.17) is 0 Å². The summed E-state index contributed by atoms with van der Waals surface area (Å²) in [6, 6.07) is 6.46. The number of rotatable bonds is 7. The summed E-state index contributed by atoms with van der Waals surface area (Å²) in [4.78, 5) is 12.0. The van der Waals surface area contributed by atoms with Gasteiger partial charge < -0.3 is 15.7 Å². The van der Waals surface area contributed by atoms with Crippen LogP contribution in [0.15, 0.2) is 18.2 Å². The SMILES string of the molecule is CC(NCCCC(C)(C)CO)c1ccc2c(c1)C(C)(C)C(=O)N2. The molecule has 3 N–H and O–H groups in total. The fourth-order valence-corrected chi connectivity index (χ4v) is 2.94. The number of carbonyl (C=O) groups excluding carboxylic acids is 1. The molecule has 0 bridgehead atoms. The summed E-state index contributed by atoms with van der Waals surface area (Å²) in [6.07, 6.45) is 2.03. The van der Waals surface area contributed by atoms with Crippen LogP contribution in [0.5, 0.6) is 0 Å². The number of aliphatic hydroxyl groups is 1. The van der Waals surface area contributed by atoms with E-state index in [9.17, 15) is 9.90 Å². The summed E-state index contributed by atoms with van der Waals surface area (Å²) in [5, 5.41) is 15.8. The van der Waals surface area contributed by atoms with E-state index < -0.39 is 5.41 Å². The van der Waals surface area contributed by atoms with Gasteiger partial charge in [0.15, 0.2) is 0 Å². The lowest BCUT2D eigenvalue weighted by Crippen LogP contribution is -2.27. The number of anilines is 1. The molecule has 1 heterocycles. The van der Waals surface area contributed by atoms with Gasteiger partial charge in [0.2, 0.25) is 5.91 Å². The average molecular weight is 318 g/mol. The van der Waals surface area contributed by atoms with Gasteiger partial charge in [-0.25, -0.2) is 0 Å². The highest BCUT2D eigenvalue weighted by atomic mass is 16.3. The fourth-order valence-electron chi connectivity index (χ4n) is 2.94. The molecule has 4 nitrogen and oxygen atoms in total. The van der Waals surface area contributed by atoms with Gasteiger partial charge in [-0.2, -0.15) is 0 Å². The Morgan fingerprint density at radius 3 is 2.70 bits per heavy atom. The van der Waals surface area contributed by atoms with Crippen molar-refractivity contribution in [3.05, 3.63) is 29.3 Å². The molecule has 0 radical (unpaired) electrons. The van der Waals surface area contributed by atoms with Crippen molar-refractivity contribution < 1.29 is 9.90 Å². The maximum atomic E-state index is 12.0. The Kier molecular flexibility index (Phi) is 5.17. The van der Waals surface area contributed by atoms with Crippen molar-refractivity contribution >= 4 is 11.6 Å². The first kappa shape index (κ1) is 18.0. The molecule has 0 saturated carbocycles. The number of carbonyl (C=O) groups is 1. The van der Waals surface area contributed by atoms with E-state index in [1.807, 2.05) is 19.9 Å². The summed E-state index contributed by atoms with van der Waals surface area (Å²) in [5.41, 5.74) is 2.75. The van der Waals surface area contributed by atoms with Gasteiger partial charge in [-0.1, -0.05) is 26.0 Å². The van der Waals surface area contributed by atoms with Gasteiger partial charge in [0.05, 0.1) is 5.41 Å². The molecule has 2 rings (SSSR count). The van der Waals surface area contributed by atoms with Crippen LogP contribution < -0.4 is 10.6 Å². The third-order valence-electron chi connectivity index (χ3n) is 4.94. The smallest absolute Gasteiger partial charge is 0.234 e. The number of aliphatic hydroxyl groups excluding tert-OH is 1. The second kappa shape index (κ2) is 6.62. The number of fused-ring (bicyclic) bond motifs is 1. The van der Waals surface area contributed by atoms with E-state index in [2.05, 4.69) is 43.5 Å². The third kappa shape index (κ3) is 3.93. The summed E-state index contributed by atoms with van der Waals surface area (Å²) < 4.78 is 0. The predicted octanol–water partition coefficient (Wildman–Crippen LogP) is 3.37. The zero-order valence-corrected chi connectivity index (χ0v) is 15.0. The summed E-state index contributed by atoms with van der Waals surface area (Å²) in [7, 11) is 0. The molecule has 128 valence electrons. The van der Waals surface area contributed by atoms with E-state index in [-0.39, 0.29) is 24.0 Å². The normalized spacial score (nSPS) is 17.7. The Bertz CT molecular complexity index is 579. The molecule has 1 aromatic carbocycles. The Hall–Kier alpha value is -1.39. The summed E-state index contributed by atoms with van der Waals surface area (Å²) in [6.45, 7) is 11.4. The molecular weight excluding hydrogens is 288 g/mol. The van der Waals surface area contributed by atoms with Crippen LogP contribution in [0.4, 0.5) is 5.69 Å². The van der Waals surface area contributed by atoms with Gasteiger partial charge in [-0.05, 0) is 62.8 Å². The number of nitrogens with one attached hydrogen (secondary N) is 2. The lowest BCUT2D eigenvalue weighted by Gasteiger charge is -2.22. The first-order valence-electron chi connectivity index (χ1n) is 8.47. The highest BCUT2D eigenvalue weighted by Crippen LogP contribution is 2.38. The molecule has 0 spiro atoms. The van der Waals surface area contributed by atoms with Crippen molar-refractivity contribution in [2.75, 3.05) is 18.5 Å². The van der Waals surface area contributed by atoms with Crippen LogP contribution in [0.3, 0.4) is 0 Å². The highest BCUT2D eigenvalue weighted by molar-refractivity contribution is 6.05. The quantitative estimate of drug-likeness (QED) is 0.676. The van der Waals surface area contributed by atoms with Crippen molar-refractivity contribution in [3.8, 4) is 0 Å². The lowest BCUT2D eigenvalue weighted by molar-refractivity contribution is -0.119. The zero-order chi connectivity index (χ0) is 17.3. The molecule has 0 aromatic heterocycles. The minimum absolute atomic E-state index is 0.00541. The van der Waals surface area contributed by atoms with Gasteiger partial charge in [-0.15, -0.1) is 0 Å². The predicted molar refractivity (Wildman–Crippen MR) is 94.6 cm³/mol. The standard InChI is InChI=1S/C19H30N2O2/c1-13(20-10-6-9-18(2,3)12-22)14-7-8-16-15(11-14)19(4,5)17(23)21-16/h7-8,11,13,20,22H,6,9-10,12H2,1-5H3,(H,21,23). The van der Waals surface area contributed by atoms with E-state index in [1.54, 1.807) is 0 Å². The van der Waals surface area contributed by atoms with Gasteiger partial charge in [0, 0.05) is 18.3 Å². The molecular formula is C19H30N2O2. The molecule has 1 amide bonds. The van der Waals surface area contributed by atoms with Crippen LogP contribution in [0.2, 0.25) is 0 Å². The molecule has 1 aliphatic heterocycles. The maximum absolute atomic E-state index is 12.0. The van der Waals surface area contributed by atoms with Crippen LogP contribution in [0.1, 0.15) is 64.6 Å². The summed E-state index contributed by atoms with van der Waals surface area (Å²) >= 11 is 0. The Balaban J connectivity index is 1.96. The van der Waals surface area contributed by atoms with E-state index >= 15 is 0 Å². The number of benzene rings is 1. The molecule has 0 fully saturated rings. The van der Waals surface area contributed by atoms with Crippen molar-refractivity contribution in [3.63, 3.8) is 0 Å². The Morgan fingerprint density at radius 2 is 2.04 bits per heavy atom. The number of amides is 1. The average Bonchev–Trinajstić information content (AvgIpc) is 2.73. The van der Waals surface area contributed by atoms with Crippen molar-refractivity contribution in [1.29, 1.82) is 0 Å². The molecule has 23 heavy (non-hydrogen) atoms. The molecule has 0 aliphatic carbocycles. The van der Waals surface area contributed by atoms with Crippen molar-refractivity contribution in [2.45, 2.75) is 58.9 Å². The van der Waals surface area contributed by atoms with Gasteiger partial charge in [0.1, 0.15) is 0 Å². The largest absolute Gasteiger partial charge is 0.396 e. The molecule has 1 aliphatic rings. The molecule has 1 aromatic rings. The number of hydrogen-bond acceptors (Lipinski definition) is 3. The van der Waals surface area contributed by atoms with Crippen molar-refractivity contribution in [2.24, 2.45) is 5.41 Å². The minimum Gasteiger partial charge on any atom is -0.396 e. The van der Waals surface area contributed by atoms with Crippen LogP contribution in [-0.4, -0.2) is 24.2 Å². The van der Waals surface area contributed by atoms with Gasteiger partial charge in [0.25, 0.3) is 0 Å². The second-order valence-corrected chi connectivity index (χ2v) is 7.99. The lowest BCUT2D eigenvalue weighted by atomic mass is 9.85. The summed E-state index contributed by atoms with van der Waals surface area (Å²) in [5.74, 6) is 0.0662. The third-order valence-corrected chi connectivity index (χ3v) is 4.94. The molecule has 1 atom stereocenters. The zero-order valence-electron chi connectivity index (χ0n) is 15.0. The second-order valence-electron chi connectivity index (χ2n) is 7.99. The van der Waals surface area contributed by atoms with Crippen LogP contribution in [-0.2, 0) is 10.2 Å². The van der Waals surface area contributed by atoms with E-state index in [1.165, 1.54) is 5.56 Å². The Morgan fingerprint density at radius 1 is 1.35 bits per heavy atom. The molecule has 4 heteroatoms. The van der Waals surface area contributed by atoms with Crippen LogP contribution >= 0.6 is 0 Å². The fraction of sp³-hybridized carbons (Fsp3) is 0.632. The Labute approximate surface area is 139 Å². The van der Waals surface area contributed by atoms with E-state index in [0.29, 0.717) is 0 Å². The maximum Gasteiger partial charge on any atom is 0.234 e. The van der Waals surface area contributed by atoms with Crippen LogP contribution in [0.25, 0.3) is 0 Å². The topological polar surface area (TPSA) is 61.4 Å². The monoisotopic (exact) mass is 318 g/mol. The number of hydrogen-bond donors (Lipinski definition) is 3. The van der Waals surface area contributed by atoms with Gasteiger partial charge >= 0.3 is 0 Å². The first-order valence-corrected chi connectivity index (χ1v) is 8.47. The van der Waals surface area contributed by atoms with Gasteiger partial charge in [-0.3, -0.25) is 4.79 Å². The minimum atomic E-state index is -0.462. The molecule has 1 unspecified atom stereocenters. The van der Waals surface area contributed by atoms with Crippen molar-refractivity contribution in [1.82, 2.24) is 5.32 Å².